The maximum Gasteiger partial charge on any atom is 0.124 e. The van der Waals surface area contributed by atoms with Crippen molar-refractivity contribution < 1.29 is 9.47 Å². The summed E-state index contributed by atoms with van der Waals surface area (Å²) in [7, 11) is 5.28. The molecule has 0 N–H and O–H groups in total. The van der Waals surface area contributed by atoms with Crippen molar-refractivity contribution in [2.75, 3.05) is 45.3 Å². The summed E-state index contributed by atoms with van der Waals surface area (Å²) in [5, 5.41) is 4.29. The normalized spacial score (nSPS) is 14.6. The Morgan fingerprint density at radius 1 is 0.947 bits per heavy atom. The first kappa shape index (κ1) is 26.0. The van der Waals surface area contributed by atoms with Gasteiger partial charge in [0.15, 0.2) is 0 Å². The molecule has 0 saturated carbocycles. The third-order valence-electron chi connectivity index (χ3n) is 7.53. The third kappa shape index (κ3) is 5.91. The number of piperidine rings is 1. The van der Waals surface area contributed by atoms with Crippen LogP contribution in [0.2, 0.25) is 0 Å². The van der Waals surface area contributed by atoms with Crippen LogP contribution in [0.5, 0.6) is 11.5 Å². The van der Waals surface area contributed by atoms with Crippen molar-refractivity contribution in [3.8, 4) is 22.8 Å². The number of benzene rings is 2. The van der Waals surface area contributed by atoms with E-state index in [1.165, 1.54) is 25.7 Å². The predicted molar refractivity (Wildman–Crippen MR) is 152 cm³/mol. The first-order valence-corrected chi connectivity index (χ1v) is 13.5. The van der Waals surface area contributed by atoms with E-state index in [1.807, 2.05) is 37.8 Å². The summed E-state index contributed by atoms with van der Waals surface area (Å²) >= 11 is 0. The number of hydrogen-bond acceptors (Lipinski definition) is 7. The van der Waals surface area contributed by atoms with E-state index in [9.17, 15) is 0 Å². The summed E-state index contributed by atoms with van der Waals surface area (Å²) in [5.74, 6) is 2.41. The summed E-state index contributed by atoms with van der Waals surface area (Å²) in [5.41, 5.74) is 5.57. The zero-order valence-electron chi connectivity index (χ0n) is 22.9. The Kier molecular flexibility index (Phi) is 8.08. The fraction of sp³-hybridized carbons (Fsp3) is 0.433. The number of aryl methyl sites for hydroxylation is 1. The Balaban J connectivity index is 1.46. The van der Waals surface area contributed by atoms with Gasteiger partial charge in [-0.05, 0) is 50.0 Å². The molecule has 2 aromatic heterocycles. The van der Waals surface area contributed by atoms with Crippen molar-refractivity contribution in [2.45, 2.75) is 32.6 Å². The molecule has 0 amide bonds. The molecule has 0 atom stereocenters. The van der Waals surface area contributed by atoms with Gasteiger partial charge in [0.1, 0.15) is 11.5 Å². The van der Waals surface area contributed by atoms with E-state index in [4.69, 9.17) is 14.5 Å². The average molecular weight is 515 g/mol. The fourth-order valence-corrected chi connectivity index (χ4v) is 5.36. The molecule has 38 heavy (non-hydrogen) atoms. The van der Waals surface area contributed by atoms with Crippen LogP contribution in [0.1, 0.15) is 32.6 Å². The van der Waals surface area contributed by atoms with Crippen LogP contribution < -0.4 is 14.4 Å². The molecule has 0 aliphatic carbocycles. The molecular weight excluding hydrogens is 476 g/mol. The number of anilines is 2. The molecule has 5 rings (SSSR count). The molecule has 0 radical (unpaired) electrons. The van der Waals surface area contributed by atoms with E-state index in [-0.39, 0.29) is 0 Å². The lowest BCUT2D eigenvalue weighted by molar-refractivity contribution is 0.182. The van der Waals surface area contributed by atoms with Gasteiger partial charge in [-0.25, -0.2) is 4.98 Å². The van der Waals surface area contributed by atoms with Gasteiger partial charge in [-0.1, -0.05) is 19.8 Å². The smallest absolute Gasteiger partial charge is 0.124 e. The highest BCUT2D eigenvalue weighted by atomic mass is 16.5. The number of methoxy groups -OCH3 is 2. The molecule has 0 unspecified atom stereocenters. The molecule has 2 aromatic carbocycles. The van der Waals surface area contributed by atoms with Crippen LogP contribution in [0, 0.1) is 5.92 Å². The Labute approximate surface area is 225 Å². The maximum atomic E-state index is 5.60. The minimum absolute atomic E-state index is 0.768. The topological polar surface area (TPSA) is 68.5 Å². The van der Waals surface area contributed by atoms with Crippen molar-refractivity contribution in [3.05, 3.63) is 55.0 Å². The van der Waals surface area contributed by atoms with Gasteiger partial charge in [0.05, 0.1) is 43.3 Å². The SMILES string of the molecule is CCCC1CCN(CCN(c2cc(OC)cc(OC)c2)c2ccc3ncc(-c4cnn(C)c4)nc3c2)CC1. The Morgan fingerprint density at radius 2 is 1.71 bits per heavy atom. The molecule has 1 fully saturated rings. The van der Waals surface area contributed by atoms with Gasteiger partial charge in [-0.3, -0.25) is 9.67 Å². The van der Waals surface area contributed by atoms with E-state index in [1.54, 1.807) is 18.9 Å². The minimum atomic E-state index is 0.768. The predicted octanol–water partition coefficient (Wildman–Crippen LogP) is 5.70. The van der Waals surface area contributed by atoms with Crippen LogP contribution in [0.4, 0.5) is 11.4 Å². The molecule has 1 aliphatic rings. The van der Waals surface area contributed by atoms with E-state index >= 15 is 0 Å². The van der Waals surface area contributed by atoms with Crippen LogP contribution >= 0.6 is 0 Å². The summed E-state index contributed by atoms with van der Waals surface area (Å²) in [6, 6.07) is 12.3. The van der Waals surface area contributed by atoms with Crippen molar-refractivity contribution >= 4 is 22.4 Å². The van der Waals surface area contributed by atoms with Crippen LogP contribution in [0.3, 0.4) is 0 Å². The van der Waals surface area contributed by atoms with Crippen molar-refractivity contribution in [1.29, 1.82) is 0 Å². The van der Waals surface area contributed by atoms with Gasteiger partial charge in [-0.15, -0.1) is 0 Å². The second kappa shape index (κ2) is 11.8. The second-order valence-corrected chi connectivity index (χ2v) is 10.1. The molecule has 8 heteroatoms. The molecule has 3 heterocycles. The van der Waals surface area contributed by atoms with Crippen LogP contribution in [-0.2, 0) is 7.05 Å². The van der Waals surface area contributed by atoms with Crippen LogP contribution in [0.15, 0.2) is 55.0 Å². The summed E-state index contributed by atoms with van der Waals surface area (Å²) in [6.07, 6.45) is 10.8. The number of nitrogens with zero attached hydrogens (tertiary/aromatic N) is 6. The van der Waals surface area contributed by atoms with E-state index in [0.717, 1.165) is 77.3 Å². The third-order valence-corrected chi connectivity index (χ3v) is 7.53. The average Bonchev–Trinajstić information content (AvgIpc) is 3.39. The number of likely N-dealkylation sites (tertiary alicyclic amines) is 1. The Bertz CT molecular complexity index is 1340. The quantitative estimate of drug-likeness (QED) is 0.269. The molecule has 1 aliphatic heterocycles. The second-order valence-electron chi connectivity index (χ2n) is 10.1. The molecule has 8 nitrogen and oxygen atoms in total. The van der Waals surface area contributed by atoms with Gasteiger partial charge >= 0.3 is 0 Å². The van der Waals surface area contributed by atoms with E-state index in [0.29, 0.717) is 0 Å². The van der Waals surface area contributed by atoms with Crippen LogP contribution in [-0.4, -0.2) is 65.0 Å². The highest BCUT2D eigenvalue weighted by Gasteiger charge is 2.20. The van der Waals surface area contributed by atoms with Gasteiger partial charge in [0, 0.05) is 61.5 Å². The van der Waals surface area contributed by atoms with Gasteiger partial charge in [-0.2, -0.15) is 5.10 Å². The zero-order valence-corrected chi connectivity index (χ0v) is 22.9. The monoisotopic (exact) mass is 514 g/mol. The van der Waals surface area contributed by atoms with Crippen molar-refractivity contribution in [2.24, 2.45) is 13.0 Å². The molecular formula is C30H38N6O2. The largest absolute Gasteiger partial charge is 0.497 e. The lowest BCUT2D eigenvalue weighted by atomic mass is 9.92. The first-order valence-electron chi connectivity index (χ1n) is 13.5. The first-order chi connectivity index (χ1) is 18.6. The van der Waals surface area contributed by atoms with E-state index in [2.05, 4.69) is 51.1 Å². The number of rotatable bonds is 10. The van der Waals surface area contributed by atoms with E-state index < -0.39 is 0 Å². The van der Waals surface area contributed by atoms with Gasteiger partial charge in [0.25, 0.3) is 0 Å². The van der Waals surface area contributed by atoms with Crippen LogP contribution in [0.25, 0.3) is 22.3 Å². The molecule has 4 aromatic rings. The maximum absolute atomic E-state index is 5.60. The zero-order chi connectivity index (χ0) is 26.5. The highest BCUT2D eigenvalue weighted by Crippen LogP contribution is 2.34. The lowest BCUT2D eigenvalue weighted by Crippen LogP contribution is -2.38. The Hall–Kier alpha value is -3.65. The number of aromatic nitrogens is 4. The highest BCUT2D eigenvalue weighted by molar-refractivity contribution is 5.82. The summed E-state index contributed by atoms with van der Waals surface area (Å²) < 4.78 is 13.0. The standard InChI is InChI=1S/C30H38N6O2/c1-5-6-22-9-11-35(12-10-22)13-14-36(25-15-26(37-3)18-27(16-25)38-4)24-7-8-28-29(17-24)33-30(20-31-28)23-19-32-34(2)21-23/h7-8,15-22H,5-6,9-14H2,1-4H3. The van der Waals surface area contributed by atoms with Gasteiger partial charge < -0.3 is 19.3 Å². The fourth-order valence-electron chi connectivity index (χ4n) is 5.36. The number of ether oxygens (including phenoxy) is 2. The number of hydrogen-bond donors (Lipinski definition) is 0. The van der Waals surface area contributed by atoms with Crippen molar-refractivity contribution in [1.82, 2.24) is 24.6 Å². The summed E-state index contributed by atoms with van der Waals surface area (Å²) in [4.78, 5) is 14.5. The molecule has 0 bridgehead atoms. The minimum Gasteiger partial charge on any atom is -0.497 e. The summed E-state index contributed by atoms with van der Waals surface area (Å²) in [6.45, 7) is 6.45. The molecule has 0 spiro atoms. The lowest BCUT2D eigenvalue weighted by Gasteiger charge is -2.34. The Morgan fingerprint density at radius 3 is 2.37 bits per heavy atom. The molecule has 1 saturated heterocycles. The number of fused-ring (bicyclic) bond motifs is 1. The van der Waals surface area contributed by atoms with Gasteiger partial charge in [0.2, 0.25) is 0 Å². The molecule has 200 valence electrons. The van der Waals surface area contributed by atoms with Crippen molar-refractivity contribution in [3.63, 3.8) is 0 Å².